The number of hydrogen-bond donors (Lipinski definition) is 1. The van der Waals surface area contributed by atoms with Crippen LogP contribution in [0.2, 0.25) is 0 Å². The molecular formula is C16H14BrN3O2S. The SMILES string of the molecule is O=S(=O)(Nc1cnn(Cc2ccccc2)c1)c1cccc(Br)c1. The van der Waals surface area contributed by atoms with Crippen LogP contribution in [-0.4, -0.2) is 18.2 Å². The van der Waals surface area contributed by atoms with Crippen LogP contribution in [0.5, 0.6) is 0 Å². The first-order valence-electron chi connectivity index (χ1n) is 6.88. The van der Waals surface area contributed by atoms with E-state index in [-0.39, 0.29) is 4.90 Å². The van der Waals surface area contributed by atoms with Crippen molar-refractivity contribution in [1.29, 1.82) is 0 Å². The summed E-state index contributed by atoms with van der Waals surface area (Å²) < 4.78 is 29.6. The molecule has 0 fully saturated rings. The molecule has 0 bridgehead atoms. The Morgan fingerprint density at radius 1 is 1.09 bits per heavy atom. The Balaban J connectivity index is 1.76. The highest BCUT2D eigenvalue weighted by molar-refractivity contribution is 9.10. The summed E-state index contributed by atoms with van der Waals surface area (Å²) >= 11 is 3.27. The lowest BCUT2D eigenvalue weighted by Crippen LogP contribution is -2.12. The number of anilines is 1. The Morgan fingerprint density at radius 2 is 1.87 bits per heavy atom. The van der Waals surface area contributed by atoms with Crippen LogP contribution in [0, 0.1) is 0 Å². The van der Waals surface area contributed by atoms with Gasteiger partial charge < -0.3 is 0 Å². The van der Waals surface area contributed by atoms with Crippen molar-refractivity contribution in [2.45, 2.75) is 11.4 Å². The second-order valence-corrected chi connectivity index (χ2v) is 7.57. The molecule has 0 atom stereocenters. The average Bonchev–Trinajstić information content (AvgIpc) is 2.94. The zero-order chi connectivity index (χ0) is 16.3. The highest BCUT2D eigenvalue weighted by Gasteiger charge is 2.15. The van der Waals surface area contributed by atoms with Gasteiger partial charge in [-0.05, 0) is 23.8 Å². The Bertz CT molecular complexity index is 908. The number of sulfonamides is 1. The molecule has 0 unspecified atom stereocenters. The number of halogens is 1. The van der Waals surface area contributed by atoms with E-state index in [4.69, 9.17) is 0 Å². The number of benzene rings is 2. The van der Waals surface area contributed by atoms with Crippen molar-refractivity contribution in [2.24, 2.45) is 0 Å². The summed E-state index contributed by atoms with van der Waals surface area (Å²) in [4.78, 5) is 0.197. The van der Waals surface area contributed by atoms with Crippen LogP contribution in [0.4, 0.5) is 5.69 Å². The Labute approximate surface area is 143 Å². The fraction of sp³-hybridized carbons (Fsp3) is 0.0625. The number of nitrogens with zero attached hydrogens (tertiary/aromatic N) is 2. The quantitative estimate of drug-likeness (QED) is 0.723. The van der Waals surface area contributed by atoms with Gasteiger partial charge in [-0.3, -0.25) is 9.40 Å². The summed E-state index contributed by atoms with van der Waals surface area (Å²) in [5, 5.41) is 4.19. The van der Waals surface area contributed by atoms with Gasteiger partial charge in [0.2, 0.25) is 0 Å². The second kappa shape index (κ2) is 6.55. The van der Waals surface area contributed by atoms with E-state index in [2.05, 4.69) is 25.8 Å². The first-order chi connectivity index (χ1) is 11.0. The van der Waals surface area contributed by atoms with Gasteiger partial charge >= 0.3 is 0 Å². The van der Waals surface area contributed by atoms with Crippen molar-refractivity contribution in [2.75, 3.05) is 4.72 Å². The normalized spacial score (nSPS) is 11.3. The van der Waals surface area contributed by atoms with Gasteiger partial charge in [0.15, 0.2) is 0 Å². The first-order valence-corrected chi connectivity index (χ1v) is 9.15. The molecular weight excluding hydrogens is 378 g/mol. The van der Waals surface area contributed by atoms with E-state index in [9.17, 15) is 8.42 Å². The Kier molecular flexibility index (Phi) is 4.49. The molecule has 3 rings (SSSR count). The topological polar surface area (TPSA) is 64.0 Å². The molecule has 0 aliphatic heterocycles. The largest absolute Gasteiger partial charge is 0.276 e. The smallest absolute Gasteiger partial charge is 0.262 e. The van der Waals surface area contributed by atoms with Gasteiger partial charge in [-0.1, -0.05) is 52.3 Å². The highest BCUT2D eigenvalue weighted by atomic mass is 79.9. The number of nitrogens with one attached hydrogen (secondary N) is 1. The summed E-state index contributed by atoms with van der Waals surface area (Å²) in [6.45, 7) is 0.583. The molecule has 0 aliphatic rings. The van der Waals surface area contributed by atoms with Gasteiger partial charge in [0.1, 0.15) is 0 Å². The molecule has 0 spiro atoms. The molecule has 23 heavy (non-hydrogen) atoms. The van der Waals surface area contributed by atoms with Crippen LogP contribution in [0.15, 0.2) is 76.4 Å². The second-order valence-electron chi connectivity index (χ2n) is 4.98. The van der Waals surface area contributed by atoms with Crippen molar-refractivity contribution in [3.63, 3.8) is 0 Å². The molecule has 2 aromatic carbocycles. The van der Waals surface area contributed by atoms with E-state index in [0.717, 1.165) is 5.56 Å². The Hall–Kier alpha value is -2.12. The minimum Gasteiger partial charge on any atom is -0.276 e. The van der Waals surface area contributed by atoms with E-state index < -0.39 is 10.0 Å². The monoisotopic (exact) mass is 391 g/mol. The van der Waals surface area contributed by atoms with Crippen LogP contribution in [0.3, 0.4) is 0 Å². The van der Waals surface area contributed by atoms with E-state index in [1.807, 2.05) is 30.3 Å². The predicted octanol–water partition coefficient (Wildman–Crippen LogP) is 3.49. The highest BCUT2D eigenvalue weighted by Crippen LogP contribution is 2.19. The molecule has 5 nitrogen and oxygen atoms in total. The number of hydrogen-bond acceptors (Lipinski definition) is 3. The average molecular weight is 392 g/mol. The van der Waals surface area contributed by atoms with Crippen molar-refractivity contribution >= 4 is 31.6 Å². The Morgan fingerprint density at radius 3 is 2.61 bits per heavy atom. The maximum absolute atomic E-state index is 12.4. The van der Waals surface area contributed by atoms with Crippen molar-refractivity contribution in [3.05, 3.63) is 77.0 Å². The van der Waals surface area contributed by atoms with Crippen LogP contribution in [-0.2, 0) is 16.6 Å². The molecule has 0 aliphatic carbocycles. The molecule has 1 N–H and O–H groups in total. The molecule has 0 amide bonds. The lowest BCUT2D eigenvalue weighted by molar-refractivity contribution is 0.601. The molecule has 3 aromatic rings. The molecule has 0 radical (unpaired) electrons. The van der Waals surface area contributed by atoms with Crippen molar-refractivity contribution in [3.8, 4) is 0 Å². The standard InChI is InChI=1S/C16H14BrN3O2S/c17-14-7-4-8-16(9-14)23(21,22)19-15-10-18-20(12-15)11-13-5-2-1-3-6-13/h1-10,12,19H,11H2. The summed E-state index contributed by atoms with van der Waals surface area (Å²) in [5.74, 6) is 0. The van der Waals surface area contributed by atoms with Gasteiger partial charge in [0.25, 0.3) is 10.0 Å². The fourth-order valence-corrected chi connectivity index (χ4v) is 3.75. The third-order valence-corrected chi connectivity index (χ3v) is 5.05. The van der Waals surface area contributed by atoms with Gasteiger partial charge in [0.05, 0.1) is 23.3 Å². The van der Waals surface area contributed by atoms with E-state index in [1.165, 1.54) is 6.20 Å². The molecule has 7 heteroatoms. The summed E-state index contributed by atoms with van der Waals surface area (Å²) in [6, 6.07) is 16.4. The summed E-state index contributed by atoms with van der Waals surface area (Å²) in [5.41, 5.74) is 1.53. The van der Waals surface area contributed by atoms with Gasteiger partial charge in [-0.2, -0.15) is 5.10 Å². The maximum Gasteiger partial charge on any atom is 0.262 e. The molecule has 1 heterocycles. The molecule has 0 saturated heterocycles. The fourth-order valence-electron chi connectivity index (χ4n) is 2.12. The van der Waals surface area contributed by atoms with E-state index in [0.29, 0.717) is 16.7 Å². The summed E-state index contributed by atoms with van der Waals surface area (Å²) in [6.07, 6.45) is 3.17. The third kappa shape index (κ3) is 4.00. The van der Waals surface area contributed by atoms with Crippen LogP contribution < -0.4 is 4.72 Å². The molecule has 0 saturated carbocycles. The lowest BCUT2D eigenvalue weighted by Gasteiger charge is -2.06. The van der Waals surface area contributed by atoms with Gasteiger partial charge in [0, 0.05) is 10.7 Å². The third-order valence-electron chi connectivity index (χ3n) is 3.18. The first kappa shape index (κ1) is 15.8. The molecule has 1 aromatic heterocycles. The van der Waals surface area contributed by atoms with E-state index >= 15 is 0 Å². The minimum absolute atomic E-state index is 0.197. The zero-order valence-corrected chi connectivity index (χ0v) is 14.5. The lowest BCUT2D eigenvalue weighted by atomic mass is 10.2. The van der Waals surface area contributed by atoms with Gasteiger partial charge in [-0.25, -0.2) is 8.42 Å². The number of aromatic nitrogens is 2. The van der Waals surface area contributed by atoms with Crippen LogP contribution >= 0.6 is 15.9 Å². The number of rotatable bonds is 5. The van der Waals surface area contributed by atoms with Crippen LogP contribution in [0.25, 0.3) is 0 Å². The van der Waals surface area contributed by atoms with Crippen molar-refractivity contribution < 1.29 is 8.42 Å². The molecule has 118 valence electrons. The zero-order valence-electron chi connectivity index (χ0n) is 12.1. The van der Waals surface area contributed by atoms with Crippen molar-refractivity contribution in [1.82, 2.24) is 9.78 Å². The van der Waals surface area contributed by atoms with Crippen LogP contribution in [0.1, 0.15) is 5.56 Å². The minimum atomic E-state index is -3.63. The predicted molar refractivity (Wildman–Crippen MR) is 92.7 cm³/mol. The maximum atomic E-state index is 12.4. The van der Waals surface area contributed by atoms with Gasteiger partial charge in [-0.15, -0.1) is 0 Å². The van der Waals surface area contributed by atoms with E-state index in [1.54, 1.807) is 35.1 Å². The summed E-state index contributed by atoms with van der Waals surface area (Å²) in [7, 11) is -3.63.